The van der Waals surface area contributed by atoms with E-state index in [9.17, 15) is 9.18 Å². The number of ether oxygens (including phenoxy) is 2. The van der Waals surface area contributed by atoms with Crippen molar-refractivity contribution in [3.63, 3.8) is 0 Å². The SMILES string of the molecule is COC(=O)c1ccc(N2CCC[C@H](OCc3ccccc3F)C2)nn1. The molecule has 0 saturated carbocycles. The molecule has 6 nitrogen and oxygen atoms in total. The topological polar surface area (TPSA) is 64.5 Å². The number of hydrogen-bond acceptors (Lipinski definition) is 6. The molecule has 1 aliphatic heterocycles. The zero-order valence-electron chi connectivity index (χ0n) is 14.0. The van der Waals surface area contributed by atoms with Crippen LogP contribution in [0.5, 0.6) is 0 Å². The molecule has 1 aromatic heterocycles. The molecule has 1 aromatic carbocycles. The van der Waals surface area contributed by atoms with Gasteiger partial charge in [-0.05, 0) is 31.0 Å². The van der Waals surface area contributed by atoms with E-state index < -0.39 is 5.97 Å². The van der Waals surface area contributed by atoms with E-state index in [0.717, 1.165) is 19.4 Å². The van der Waals surface area contributed by atoms with Gasteiger partial charge in [-0.1, -0.05) is 18.2 Å². The summed E-state index contributed by atoms with van der Waals surface area (Å²) in [6.45, 7) is 1.74. The number of piperidine rings is 1. The molecule has 1 aliphatic rings. The first-order chi connectivity index (χ1) is 12.2. The number of hydrogen-bond donors (Lipinski definition) is 0. The molecule has 25 heavy (non-hydrogen) atoms. The van der Waals surface area contributed by atoms with E-state index in [1.807, 2.05) is 0 Å². The predicted molar refractivity (Wildman–Crippen MR) is 89.8 cm³/mol. The van der Waals surface area contributed by atoms with Crippen LogP contribution in [0.4, 0.5) is 10.2 Å². The lowest BCUT2D eigenvalue weighted by Crippen LogP contribution is -2.40. The number of aromatic nitrogens is 2. The molecule has 0 amide bonds. The molecule has 1 saturated heterocycles. The van der Waals surface area contributed by atoms with Gasteiger partial charge >= 0.3 is 5.97 Å². The van der Waals surface area contributed by atoms with Gasteiger partial charge in [-0.3, -0.25) is 0 Å². The van der Waals surface area contributed by atoms with Gasteiger partial charge in [0.25, 0.3) is 0 Å². The molecular weight excluding hydrogens is 325 g/mol. The maximum absolute atomic E-state index is 13.7. The Labute approximate surface area is 145 Å². The standard InChI is InChI=1S/C18H20FN3O3/c1-24-18(23)16-8-9-17(21-20-16)22-10-4-6-14(11-22)25-12-13-5-2-3-7-15(13)19/h2-3,5,7-9,14H,4,6,10-12H2,1H3/t14-/m0/s1. The molecule has 0 radical (unpaired) electrons. The van der Waals surface area contributed by atoms with Crippen LogP contribution < -0.4 is 4.90 Å². The number of esters is 1. The number of anilines is 1. The summed E-state index contributed by atoms with van der Waals surface area (Å²) in [5, 5.41) is 8.00. The number of carbonyl (C=O) groups is 1. The molecule has 2 heterocycles. The van der Waals surface area contributed by atoms with Crippen molar-refractivity contribution < 1.29 is 18.7 Å². The lowest BCUT2D eigenvalue weighted by Gasteiger charge is -2.33. The lowest BCUT2D eigenvalue weighted by atomic mass is 10.1. The van der Waals surface area contributed by atoms with Crippen molar-refractivity contribution in [2.45, 2.75) is 25.6 Å². The fraction of sp³-hybridized carbons (Fsp3) is 0.389. The van der Waals surface area contributed by atoms with E-state index in [0.29, 0.717) is 17.9 Å². The van der Waals surface area contributed by atoms with E-state index in [1.54, 1.807) is 30.3 Å². The highest BCUT2D eigenvalue weighted by atomic mass is 19.1. The van der Waals surface area contributed by atoms with Gasteiger partial charge in [0.05, 0.1) is 19.8 Å². The Morgan fingerprint density at radius 2 is 2.12 bits per heavy atom. The average Bonchev–Trinajstić information content (AvgIpc) is 2.67. The first-order valence-electron chi connectivity index (χ1n) is 8.19. The van der Waals surface area contributed by atoms with E-state index in [-0.39, 0.29) is 24.2 Å². The van der Waals surface area contributed by atoms with E-state index in [2.05, 4.69) is 19.8 Å². The molecule has 0 spiro atoms. The Bertz CT molecular complexity index is 724. The molecule has 1 fully saturated rings. The molecule has 0 unspecified atom stereocenters. The summed E-state index contributed by atoms with van der Waals surface area (Å²) >= 11 is 0. The minimum absolute atomic E-state index is 0.00422. The van der Waals surface area contributed by atoms with Crippen molar-refractivity contribution >= 4 is 11.8 Å². The van der Waals surface area contributed by atoms with Gasteiger partial charge in [0.15, 0.2) is 11.5 Å². The fourth-order valence-corrected chi connectivity index (χ4v) is 2.81. The summed E-state index contributed by atoms with van der Waals surface area (Å²) in [6, 6.07) is 9.97. The van der Waals surface area contributed by atoms with Gasteiger partial charge in [0, 0.05) is 18.7 Å². The monoisotopic (exact) mass is 345 g/mol. The number of benzene rings is 1. The fourth-order valence-electron chi connectivity index (χ4n) is 2.81. The summed E-state index contributed by atoms with van der Waals surface area (Å²) in [5.74, 6) is -0.0740. The highest BCUT2D eigenvalue weighted by Gasteiger charge is 2.22. The van der Waals surface area contributed by atoms with Gasteiger partial charge in [0.1, 0.15) is 5.82 Å². The first-order valence-corrected chi connectivity index (χ1v) is 8.19. The second-order valence-corrected chi connectivity index (χ2v) is 5.88. The number of methoxy groups -OCH3 is 1. The number of carbonyl (C=O) groups excluding carboxylic acids is 1. The van der Waals surface area contributed by atoms with Gasteiger partial charge < -0.3 is 14.4 Å². The molecule has 0 bridgehead atoms. The second-order valence-electron chi connectivity index (χ2n) is 5.88. The predicted octanol–water partition coefficient (Wildman–Crippen LogP) is 2.59. The van der Waals surface area contributed by atoms with Crippen molar-refractivity contribution in [1.29, 1.82) is 0 Å². The molecule has 1 atom stereocenters. The summed E-state index contributed by atoms with van der Waals surface area (Å²) in [5.41, 5.74) is 0.734. The molecule has 0 N–H and O–H groups in total. The maximum atomic E-state index is 13.7. The van der Waals surface area contributed by atoms with Crippen LogP contribution >= 0.6 is 0 Å². The van der Waals surface area contributed by atoms with E-state index in [1.165, 1.54) is 13.2 Å². The van der Waals surface area contributed by atoms with E-state index >= 15 is 0 Å². The Morgan fingerprint density at radius 3 is 2.84 bits per heavy atom. The molecule has 7 heteroatoms. The normalized spacial score (nSPS) is 17.4. The Balaban J connectivity index is 1.59. The quantitative estimate of drug-likeness (QED) is 0.776. The van der Waals surface area contributed by atoms with Gasteiger partial charge in [-0.25, -0.2) is 9.18 Å². The van der Waals surface area contributed by atoms with Crippen LogP contribution in [0.2, 0.25) is 0 Å². The van der Waals surface area contributed by atoms with Crippen molar-refractivity contribution in [2.75, 3.05) is 25.1 Å². The second kappa shape index (κ2) is 8.02. The Hall–Kier alpha value is -2.54. The van der Waals surface area contributed by atoms with Crippen LogP contribution in [0.3, 0.4) is 0 Å². The first kappa shape index (κ1) is 17.3. The van der Waals surface area contributed by atoms with Crippen molar-refractivity contribution in [2.24, 2.45) is 0 Å². The summed E-state index contributed by atoms with van der Waals surface area (Å²) < 4.78 is 24.2. The zero-order chi connectivity index (χ0) is 17.6. The van der Waals surface area contributed by atoms with Crippen molar-refractivity contribution in [3.05, 3.63) is 53.5 Å². The lowest BCUT2D eigenvalue weighted by molar-refractivity contribution is 0.0300. The largest absolute Gasteiger partial charge is 0.464 e. The third-order valence-electron chi connectivity index (χ3n) is 4.18. The molecule has 0 aliphatic carbocycles. The van der Waals surface area contributed by atoms with Crippen LogP contribution in [0.15, 0.2) is 36.4 Å². The minimum atomic E-state index is -0.510. The van der Waals surface area contributed by atoms with Crippen LogP contribution in [0, 0.1) is 5.82 Å². The highest BCUT2D eigenvalue weighted by molar-refractivity contribution is 5.86. The van der Waals surface area contributed by atoms with Crippen LogP contribution in [0.1, 0.15) is 28.9 Å². The molecule has 3 rings (SSSR count). The average molecular weight is 345 g/mol. The molecule has 2 aromatic rings. The van der Waals surface area contributed by atoms with Crippen LogP contribution in [-0.4, -0.2) is 42.5 Å². The van der Waals surface area contributed by atoms with Crippen molar-refractivity contribution in [1.82, 2.24) is 10.2 Å². The number of halogens is 1. The Kier molecular flexibility index (Phi) is 5.55. The maximum Gasteiger partial charge on any atom is 0.358 e. The van der Waals surface area contributed by atoms with Gasteiger partial charge in [-0.2, -0.15) is 0 Å². The highest BCUT2D eigenvalue weighted by Crippen LogP contribution is 2.20. The number of nitrogens with zero attached hydrogens (tertiary/aromatic N) is 3. The van der Waals surface area contributed by atoms with Crippen molar-refractivity contribution in [3.8, 4) is 0 Å². The van der Waals surface area contributed by atoms with Gasteiger partial charge in [0.2, 0.25) is 0 Å². The molecule has 132 valence electrons. The summed E-state index contributed by atoms with van der Waals surface area (Å²) in [4.78, 5) is 13.5. The third kappa shape index (κ3) is 4.30. The zero-order valence-corrected chi connectivity index (χ0v) is 14.0. The van der Waals surface area contributed by atoms with E-state index in [4.69, 9.17) is 4.74 Å². The van der Waals surface area contributed by atoms with Gasteiger partial charge in [-0.15, -0.1) is 10.2 Å². The summed E-state index contributed by atoms with van der Waals surface area (Å²) in [6.07, 6.45) is 1.86. The smallest absolute Gasteiger partial charge is 0.358 e. The van der Waals surface area contributed by atoms with Crippen LogP contribution in [-0.2, 0) is 16.1 Å². The van der Waals surface area contributed by atoms with Crippen LogP contribution in [0.25, 0.3) is 0 Å². The number of rotatable bonds is 5. The third-order valence-corrected chi connectivity index (χ3v) is 4.18. The minimum Gasteiger partial charge on any atom is -0.464 e. The summed E-state index contributed by atoms with van der Waals surface area (Å²) in [7, 11) is 1.31. The molecular formula is C18H20FN3O3. The Morgan fingerprint density at radius 1 is 1.28 bits per heavy atom.